The summed E-state index contributed by atoms with van der Waals surface area (Å²) in [5.74, 6) is -0.809. The predicted octanol–water partition coefficient (Wildman–Crippen LogP) is 1.54. The maximum absolute atomic E-state index is 11.8. The number of allylic oxidation sites excluding steroid dienone is 2. The van der Waals surface area contributed by atoms with Gasteiger partial charge in [-0.3, -0.25) is 0 Å². The van der Waals surface area contributed by atoms with Crippen LogP contribution in [0.15, 0.2) is 72.6 Å². The molecule has 10 nitrogen and oxygen atoms in total. The van der Waals surface area contributed by atoms with Crippen molar-refractivity contribution in [1.29, 1.82) is 0 Å². The Kier molecular flexibility index (Phi) is 10.3. The summed E-state index contributed by atoms with van der Waals surface area (Å²) >= 11 is 1.50. The summed E-state index contributed by atoms with van der Waals surface area (Å²) in [4.78, 5) is 6.69. The Bertz CT molecular complexity index is 1980. The van der Waals surface area contributed by atoms with Crippen molar-refractivity contribution in [1.82, 2.24) is 0 Å². The zero-order valence-corrected chi connectivity index (χ0v) is 28.5. The van der Waals surface area contributed by atoms with Crippen LogP contribution in [-0.2, 0) is 26.8 Å². The third-order valence-corrected chi connectivity index (χ3v) is 9.18. The Morgan fingerprint density at radius 1 is 1.00 bits per heavy atom. The molecule has 0 radical (unpaired) electrons. The van der Waals surface area contributed by atoms with E-state index in [0.29, 0.717) is 36.0 Å². The van der Waals surface area contributed by atoms with Gasteiger partial charge in [0.1, 0.15) is 26.5 Å². The molecule has 42 heavy (non-hydrogen) atoms. The number of thiazole rings is 1. The van der Waals surface area contributed by atoms with Crippen LogP contribution in [0, 0.1) is 6.57 Å². The molecule has 0 bridgehead atoms. The van der Waals surface area contributed by atoms with Crippen molar-refractivity contribution in [2.75, 3.05) is 28.0 Å². The smallest absolute Gasteiger partial charge is 0.748 e. The molecule has 2 heterocycles. The van der Waals surface area contributed by atoms with Crippen molar-refractivity contribution in [3.63, 3.8) is 0 Å². The Labute approximate surface area is 291 Å². The van der Waals surface area contributed by atoms with Gasteiger partial charge in [-0.1, -0.05) is 47.7 Å². The number of rotatable bonds is 9. The molecule has 212 valence electrons. The van der Waals surface area contributed by atoms with Gasteiger partial charge in [-0.25, -0.2) is 21.7 Å². The van der Waals surface area contributed by atoms with Crippen LogP contribution in [0.25, 0.3) is 31.9 Å². The zero-order valence-electron chi connectivity index (χ0n) is 22.9. The van der Waals surface area contributed by atoms with E-state index in [4.69, 9.17) is 6.57 Å². The fourth-order valence-corrected chi connectivity index (χ4v) is 7.25. The van der Waals surface area contributed by atoms with Crippen LogP contribution in [0.4, 0.5) is 17.1 Å². The Morgan fingerprint density at radius 3 is 2.45 bits per heavy atom. The van der Waals surface area contributed by atoms with Crippen LogP contribution in [0.2, 0.25) is 0 Å². The van der Waals surface area contributed by atoms with Gasteiger partial charge in [0.05, 0.1) is 33.5 Å². The fraction of sp³-hybridized carbons (Fsp3) is 0.214. The Balaban J connectivity index is 0.00000405. The molecule has 1 aliphatic heterocycles. The Morgan fingerprint density at radius 2 is 1.76 bits per heavy atom. The number of nitrogens with zero attached hydrogens (tertiary/aromatic N) is 4. The van der Waals surface area contributed by atoms with E-state index < -0.39 is 31.9 Å². The van der Waals surface area contributed by atoms with Crippen LogP contribution in [0.1, 0.15) is 18.4 Å². The number of hydrogen-bond donors (Lipinski definition) is 0. The van der Waals surface area contributed by atoms with Crippen molar-refractivity contribution in [3.8, 4) is 0 Å². The summed E-state index contributed by atoms with van der Waals surface area (Å²) in [6.07, 6.45) is 5.44. The molecule has 0 saturated carbocycles. The number of aromatic nitrogens is 1. The Hall–Kier alpha value is -2.16. The van der Waals surface area contributed by atoms with Gasteiger partial charge in [-0.05, 0) is 42.7 Å². The molecule has 1 aromatic heterocycles. The molecule has 0 spiro atoms. The molecule has 0 N–H and O–H groups in total. The molecule has 0 amide bonds. The summed E-state index contributed by atoms with van der Waals surface area (Å²) in [5.41, 5.74) is 2.40. The fourth-order valence-electron chi connectivity index (χ4n) is 5.06. The van der Waals surface area contributed by atoms with Gasteiger partial charge in [0, 0.05) is 24.8 Å². The maximum atomic E-state index is 11.8. The van der Waals surface area contributed by atoms with E-state index in [2.05, 4.69) is 4.85 Å². The van der Waals surface area contributed by atoms with Crippen LogP contribution in [0.5, 0.6) is 0 Å². The summed E-state index contributed by atoms with van der Waals surface area (Å²) in [6.45, 7) is 10.0. The topological polar surface area (TPSA) is 129 Å². The van der Waals surface area contributed by atoms with Crippen LogP contribution in [0.3, 0.4) is 0 Å². The van der Waals surface area contributed by atoms with Crippen LogP contribution >= 0.6 is 11.3 Å². The molecule has 5 rings (SSSR count). The van der Waals surface area contributed by atoms with Crippen molar-refractivity contribution < 1.29 is 81.9 Å². The normalized spacial score (nSPS) is 14.6. The van der Waals surface area contributed by atoms with E-state index in [1.165, 1.54) is 16.2 Å². The number of aryl methyl sites for hydroxylation is 1. The van der Waals surface area contributed by atoms with Crippen LogP contribution < -0.4 is 65.8 Å². The molecule has 0 aliphatic carbocycles. The molecule has 1 aliphatic rings. The van der Waals surface area contributed by atoms with Gasteiger partial charge in [-0.15, -0.1) is 0 Å². The average molecular weight is 649 g/mol. The standard InChI is InChI=1S/C28H26N4O6S3.K/c1-3-30-23-14-13-21(29-2)18-24(23)32(19-41(36,37)38)26(30)10-6-11-27-31(16-7-17-40(33,34)35)28-22-9-5-4-8-20(22)12-15-25(28)39-27;/h4-6,8-15,18H,3,7,16-17,19H2,1H3,(H-,33,34,35,36,37,38);/q;+1/p-1. The molecular weight excluding hydrogens is 624 g/mol. The molecule has 4 aromatic rings. The predicted molar refractivity (Wildman–Crippen MR) is 159 cm³/mol. The largest absolute Gasteiger partial charge is 1.00 e. The SMILES string of the molecule is [C-]#[N+]c1ccc2c(c1)N(CS(=O)(=O)[O-])/C(=C/C=C/c1sc3ccc4ccccc4c3[n+]1CCCS(=O)(=O)[O-])N2CC.[K+]. The second kappa shape index (κ2) is 13.2. The van der Waals surface area contributed by atoms with Gasteiger partial charge < -0.3 is 18.9 Å². The molecule has 0 fully saturated rings. The zero-order chi connectivity index (χ0) is 29.4. The second-order valence-electron chi connectivity index (χ2n) is 9.37. The number of benzene rings is 3. The van der Waals surface area contributed by atoms with E-state index in [9.17, 15) is 25.9 Å². The number of hydrogen-bond acceptors (Lipinski definition) is 9. The average Bonchev–Trinajstić information content (AvgIpc) is 3.41. The van der Waals surface area contributed by atoms with E-state index in [1.807, 2.05) is 58.9 Å². The first kappa shape index (κ1) is 32.7. The van der Waals surface area contributed by atoms with E-state index in [0.717, 1.165) is 26.0 Å². The minimum absolute atomic E-state index is 0. The van der Waals surface area contributed by atoms with E-state index >= 15 is 0 Å². The van der Waals surface area contributed by atoms with Crippen molar-refractivity contribution in [2.24, 2.45) is 0 Å². The van der Waals surface area contributed by atoms with E-state index in [1.54, 1.807) is 30.4 Å². The third kappa shape index (κ3) is 7.13. The minimum Gasteiger partial charge on any atom is -0.748 e. The molecule has 14 heteroatoms. The van der Waals surface area contributed by atoms with Gasteiger partial charge in [-0.2, -0.15) is 4.57 Å². The minimum atomic E-state index is -4.65. The second-order valence-corrected chi connectivity index (χ2v) is 13.3. The summed E-state index contributed by atoms with van der Waals surface area (Å²) < 4.78 is 72.3. The first-order valence-corrected chi connectivity index (χ1v) is 16.6. The number of fused-ring (bicyclic) bond motifs is 4. The van der Waals surface area contributed by atoms with Crippen LogP contribution in [-0.4, -0.2) is 44.1 Å². The molecule has 0 saturated heterocycles. The third-order valence-electron chi connectivity index (χ3n) is 6.70. The van der Waals surface area contributed by atoms with Gasteiger partial charge >= 0.3 is 51.4 Å². The van der Waals surface area contributed by atoms with Crippen molar-refractivity contribution in [3.05, 3.63) is 89.0 Å². The molecule has 0 unspecified atom stereocenters. The first-order valence-electron chi connectivity index (χ1n) is 12.7. The van der Waals surface area contributed by atoms with Gasteiger partial charge in [0.2, 0.25) is 5.52 Å². The van der Waals surface area contributed by atoms with E-state index in [-0.39, 0.29) is 57.8 Å². The first-order chi connectivity index (χ1) is 19.5. The molecule has 0 atom stereocenters. The maximum Gasteiger partial charge on any atom is 1.00 e. The van der Waals surface area contributed by atoms with Crippen molar-refractivity contribution >= 4 is 75.7 Å². The summed E-state index contributed by atoms with van der Waals surface area (Å²) in [5, 5.41) is 2.82. The monoisotopic (exact) mass is 648 g/mol. The quantitative estimate of drug-likeness (QED) is 0.116. The molecular formula is C28H25KN4O6S3. The van der Waals surface area contributed by atoms with Gasteiger partial charge in [0.15, 0.2) is 12.2 Å². The van der Waals surface area contributed by atoms with Crippen molar-refractivity contribution in [2.45, 2.75) is 19.9 Å². The summed E-state index contributed by atoms with van der Waals surface area (Å²) in [6, 6.07) is 16.8. The summed E-state index contributed by atoms with van der Waals surface area (Å²) in [7, 11) is -9.02. The van der Waals surface area contributed by atoms with Gasteiger partial charge in [0.25, 0.3) is 5.01 Å². The number of anilines is 2. The molecule has 3 aromatic carbocycles.